The van der Waals surface area contributed by atoms with E-state index >= 15 is 0 Å². The molecular weight excluding hydrogens is 336 g/mol. The number of hydrogen-bond donors (Lipinski definition) is 2. The van der Waals surface area contributed by atoms with Gasteiger partial charge in [0.25, 0.3) is 15.9 Å². The first kappa shape index (κ1) is 17.2. The minimum absolute atomic E-state index is 0.126. The highest BCUT2D eigenvalue weighted by atomic mass is 32.2. The highest BCUT2D eigenvalue weighted by Crippen LogP contribution is 2.35. The van der Waals surface area contributed by atoms with Gasteiger partial charge in [-0.25, -0.2) is 8.42 Å². The lowest BCUT2D eigenvalue weighted by atomic mass is 10.0. The summed E-state index contributed by atoms with van der Waals surface area (Å²) in [6.07, 6.45) is 0. The Labute approximate surface area is 147 Å². The van der Waals surface area contributed by atoms with Crippen molar-refractivity contribution in [2.24, 2.45) is 0 Å². The van der Waals surface area contributed by atoms with Crippen molar-refractivity contribution in [2.75, 3.05) is 10.0 Å². The standard InChI is InChI=1S/C19H20N2O3S/c1-11(2)18-16-10-15(5-6-17(16)20-19(18)22)25(23,24)21-14-8-12(3)7-13(4)9-14/h5-10,21H,1-4H3,(H,20,22). The van der Waals surface area contributed by atoms with E-state index in [1.54, 1.807) is 24.3 Å². The summed E-state index contributed by atoms with van der Waals surface area (Å²) in [5.74, 6) is -0.202. The van der Waals surface area contributed by atoms with E-state index < -0.39 is 10.0 Å². The van der Waals surface area contributed by atoms with Crippen molar-refractivity contribution in [3.05, 3.63) is 58.7 Å². The molecule has 5 nitrogen and oxygen atoms in total. The van der Waals surface area contributed by atoms with Crippen molar-refractivity contribution in [1.82, 2.24) is 0 Å². The number of rotatable bonds is 3. The first-order valence-electron chi connectivity index (χ1n) is 7.92. The summed E-state index contributed by atoms with van der Waals surface area (Å²) in [6, 6.07) is 10.2. The summed E-state index contributed by atoms with van der Waals surface area (Å²) < 4.78 is 28.1. The zero-order chi connectivity index (χ0) is 18.4. The van der Waals surface area contributed by atoms with Crippen LogP contribution in [0.1, 0.15) is 30.5 Å². The van der Waals surface area contributed by atoms with Crippen molar-refractivity contribution < 1.29 is 13.2 Å². The average molecular weight is 356 g/mol. The number of fused-ring (bicyclic) bond motifs is 1. The van der Waals surface area contributed by atoms with E-state index in [0.29, 0.717) is 22.5 Å². The van der Waals surface area contributed by atoms with E-state index in [1.807, 2.05) is 33.8 Å². The lowest BCUT2D eigenvalue weighted by molar-refractivity contribution is -0.110. The normalized spacial score (nSPS) is 13.4. The molecule has 0 unspecified atom stereocenters. The SMILES string of the molecule is CC(C)=C1C(=O)Nc2ccc(S(=O)(=O)Nc3cc(C)cc(C)c3)cc21. The van der Waals surface area contributed by atoms with Gasteiger partial charge in [0.2, 0.25) is 0 Å². The molecule has 0 saturated heterocycles. The molecule has 0 radical (unpaired) electrons. The molecule has 1 heterocycles. The molecule has 0 bridgehead atoms. The minimum atomic E-state index is -3.75. The second-order valence-electron chi connectivity index (χ2n) is 6.52. The molecule has 0 spiro atoms. The summed E-state index contributed by atoms with van der Waals surface area (Å²) >= 11 is 0. The molecule has 1 amide bonds. The number of allylic oxidation sites excluding steroid dienone is 1. The summed E-state index contributed by atoms with van der Waals surface area (Å²) in [5.41, 5.74) is 5.10. The van der Waals surface area contributed by atoms with E-state index in [9.17, 15) is 13.2 Å². The summed E-state index contributed by atoms with van der Waals surface area (Å²) in [5, 5.41) is 2.76. The van der Waals surface area contributed by atoms with Crippen molar-refractivity contribution in [3.8, 4) is 0 Å². The van der Waals surface area contributed by atoms with Crippen molar-refractivity contribution >= 4 is 32.9 Å². The topological polar surface area (TPSA) is 75.3 Å². The van der Waals surface area contributed by atoms with Gasteiger partial charge in [0.05, 0.1) is 4.90 Å². The van der Waals surface area contributed by atoms with Gasteiger partial charge in [0.1, 0.15) is 0 Å². The Morgan fingerprint density at radius 3 is 2.24 bits per heavy atom. The largest absolute Gasteiger partial charge is 0.321 e. The molecule has 3 rings (SSSR count). The summed E-state index contributed by atoms with van der Waals surface area (Å²) in [6.45, 7) is 7.50. The maximum Gasteiger partial charge on any atom is 0.261 e. The number of nitrogens with one attached hydrogen (secondary N) is 2. The van der Waals surface area contributed by atoms with Crippen LogP contribution in [0.2, 0.25) is 0 Å². The Morgan fingerprint density at radius 2 is 1.64 bits per heavy atom. The average Bonchev–Trinajstić information content (AvgIpc) is 2.80. The second kappa shape index (κ2) is 6.04. The molecule has 130 valence electrons. The summed E-state index contributed by atoms with van der Waals surface area (Å²) in [7, 11) is -3.75. The van der Waals surface area contributed by atoms with E-state index in [2.05, 4.69) is 10.0 Å². The molecular formula is C19H20N2O3S. The Balaban J connectivity index is 2.02. The van der Waals surface area contributed by atoms with Crippen LogP contribution in [0.25, 0.3) is 5.57 Å². The number of anilines is 2. The van der Waals surface area contributed by atoms with Crippen LogP contribution in [-0.4, -0.2) is 14.3 Å². The Kier molecular flexibility index (Phi) is 4.16. The maximum atomic E-state index is 12.7. The maximum absolute atomic E-state index is 12.7. The van der Waals surface area contributed by atoms with Gasteiger partial charge in [-0.05, 0) is 69.2 Å². The van der Waals surface area contributed by atoms with Gasteiger partial charge in [-0.1, -0.05) is 11.6 Å². The molecule has 2 aromatic rings. The van der Waals surface area contributed by atoms with Crippen LogP contribution >= 0.6 is 0 Å². The zero-order valence-electron chi connectivity index (χ0n) is 14.6. The van der Waals surface area contributed by atoms with Gasteiger partial charge in [-0.2, -0.15) is 0 Å². The quantitative estimate of drug-likeness (QED) is 0.820. The molecule has 0 aliphatic carbocycles. The van der Waals surface area contributed by atoms with Crippen molar-refractivity contribution in [2.45, 2.75) is 32.6 Å². The van der Waals surface area contributed by atoms with Crippen LogP contribution in [0.3, 0.4) is 0 Å². The summed E-state index contributed by atoms with van der Waals surface area (Å²) in [4.78, 5) is 12.2. The van der Waals surface area contributed by atoms with Crippen LogP contribution in [-0.2, 0) is 14.8 Å². The van der Waals surface area contributed by atoms with Gasteiger partial charge in [-0.3, -0.25) is 9.52 Å². The van der Waals surface area contributed by atoms with Crippen LogP contribution in [0, 0.1) is 13.8 Å². The molecule has 25 heavy (non-hydrogen) atoms. The predicted octanol–water partition coefficient (Wildman–Crippen LogP) is 3.85. The smallest absolute Gasteiger partial charge is 0.261 e. The Bertz CT molecular complexity index is 997. The van der Waals surface area contributed by atoms with Crippen LogP contribution < -0.4 is 10.0 Å². The van der Waals surface area contributed by atoms with Crippen LogP contribution in [0.4, 0.5) is 11.4 Å². The van der Waals surface area contributed by atoms with Crippen LogP contribution in [0.15, 0.2) is 46.9 Å². The third-order valence-corrected chi connectivity index (χ3v) is 5.40. The van der Waals surface area contributed by atoms with E-state index in [4.69, 9.17) is 0 Å². The molecule has 2 N–H and O–H groups in total. The van der Waals surface area contributed by atoms with Gasteiger partial charge < -0.3 is 5.32 Å². The molecule has 0 atom stereocenters. The Hall–Kier alpha value is -2.60. The fourth-order valence-electron chi connectivity index (χ4n) is 3.06. The molecule has 1 aliphatic rings. The van der Waals surface area contributed by atoms with Crippen molar-refractivity contribution in [3.63, 3.8) is 0 Å². The lowest BCUT2D eigenvalue weighted by Gasteiger charge is -2.11. The van der Waals surface area contributed by atoms with Crippen molar-refractivity contribution in [1.29, 1.82) is 0 Å². The number of amides is 1. The monoisotopic (exact) mass is 356 g/mol. The molecule has 6 heteroatoms. The number of aryl methyl sites for hydroxylation is 2. The number of benzene rings is 2. The third-order valence-electron chi connectivity index (χ3n) is 4.02. The number of carbonyl (C=O) groups excluding carboxylic acids is 1. The third kappa shape index (κ3) is 3.30. The minimum Gasteiger partial charge on any atom is -0.321 e. The van der Waals surface area contributed by atoms with Gasteiger partial charge in [-0.15, -0.1) is 0 Å². The predicted molar refractivity (Wildman–Crippen MR) is 100 cm³/mol. The first-order valence-corrected chi connectivity index (χ1v) is 9.40. The highest BCUT2D eigenvalue weighted by molar-refractivity contribution is 7.92. The van der Waals surface area contributed by atoms with Gasteiger partial charge >= 0.3 is 0 Å². The van der Waals surface area contributed by atoms with Crippen LogP contribution in [0.5, 0.6) is 0 Å². The number of hydrogen-bond acceptors (Lipinski definition) is 3. The van der Waals surface area contributed by atoms with E-state index in [1.165, 1.54) is 6.07 Å². The fourth-order valence-corrected chi connectivity index (χ4v) is 4.12. The van der Waals surface area contributed by atoms with E-state index in [0.717, 1.165) is 16.7 Å². The van der Waals surface area contributed by atoms with Gasteiger partial charge in [0.15, 0.2) is 0 Å². The lowest BCUT2D eigenvalue weighted by Crippen LogP contribution is -2.13. The molecule has 1 aliphatic heterocycles. The highest BCUT2D eigenvalue weighted by Gasteiger charge is 2.27. The second-order valence-corrected chi connectivity index (χ2v) is 8.20. The molecule has 0 fully saturated rings. The fraction of sp³-hybridized carbons (Fsp3) is 0.211. The molecule has 2 aromatic carbocycles. The number of sulfonamides is 1. The number of carbonyl (C=O) groups is 1. The molecule has 0 saturated carbocycles. The van der Waals surface area contributed by atoms with E-state index in [-0.39, 0.29) is 10.8 Å². The van der Waals surface area contributed by atoms with Gasteiger partial charge in [0, 0.05) is 22.5 Å². The zero-order valence-corrected chi connectivity index (χ0v) is 15.4. The molecule has 0 aromatic heterocycles. The Morgan fingerprint density at radius 1 is 1.00 bits per heavy atom. The first-order chi connectivity index (χ1) is 11.7.